The Bertz CT molecular complexity index is 696. The molecule has 0 spiro atoms. The van der Waals surface area contributed by atoms with Gasteiger partial charge in [0.25, 0.3) is 0 Å². The highest BCUT2D eigenvalue weighted by Gasteiger charge is 2.50. The first kappa shape index (κ1) is 27.8. The van der Waals surface area contributed by atoms with Crippen molar-refractivity contribution < 1.29 is 55.4 Å². The summed E-state index contributed by atoms with van der Waals surface area (Å²) in [5, 5.41) is 94.5. The lowest BCUT2D eigenvalue weighted by molar-refractivity contribution is -0.297. The quantitative estimate of drug-likeness (QED) is 0.148. The molecule has 13 heteroatoms. The van der Waals surface area contributed by atoms with E-state index in [4.69, 9.17) is 15.2 Å². The van der Waals surface area contributed by atoms with E-state index in [1.807, 2.05) is 0 Å². The Morgan fingerprint density at radius 2 is 1.65 bits per heavy atom. The number of rotatable bonds is 7. The highest BCUT2D eigenvalue weighted by molar-refractivity contribution is 5.22. The van der Waals surface area contributed by atoms with Gasteiger partial charge in [-0.3, -0.25) is 0 Å². The lowest BCUT2D eigenvalue weighted by atomic mass is 9.78. The number of hydrogen-bond donors (Lipinski definition) is 11. The van der Waals surface area contributed by atoms with Crippen LogP contribution in [0.2, 0.25) is 0 Å². The van der Waals surface area contributed by atoms with Gasteiger partial charge in [-0.15, -0.1) is 0 Å². The summed E-state index contributed by atoms with van der Waals surface area (Å²) in [6.45, 7) is 0.755. The van der Waals surface area contributed by atoms with Crippen molar-refractivity contribution in [1.29, 1.82) is 0 Å². The summed E-state index contributed by atoms with van der Waals surface area (Å²) in [6.07, 6.45) is -11.3. The minimum Gasteiger partial charge on any atom is -0.396 e. The molecular formula is C21H38N2O11. The van der Waals surface area contributed by atoms with Crippen LogP contribution in [0.4, 0.5) is 0 Å². The molecule has 0 aromatic rings. The molecule has 1 saturated carbocycles. The molecule has 0 aromatic heterocycles. The zero-order valence-electron chi connectivity index (χ0n) is 18.9. The molecule has 2 aliphatic carbocycles. The van der Waals surface area contributed by atoms with Crippen LogP contribution in [-0.2, 0) is 9.47 Å². The average molecular weight is 495 g/mol. The zero-order valence-corrected chi connectivity index (χ0v) is 18.9. The molecule has 1 saturated heterocycles. The van der Waals surface area contributed by atoms with Crippen molar-refractivity contribution in [2.45, 2.75) is 99.1 Å². The minimum absolute atomic E-state index is 0.0773. The van der Waals surface area contributed by atoms with Crippen LogP contribution < -0.4 is 11.1 Å². The van der Waals surface area contributed by atoms with Gasteiger partial charge in [0, 0.05) is 18.6 Å². The maximum Gasteiger partial charge on any atom is 0.176 e. The van der Waals surface area contributed by atoms with E-state index in [9.17, 15) is 46.0 Å². The summed E-state index contributed by atoms with van der Waals surface area (Å²) >= 11 is 0. The number of ether oxygens (including phenoxy) is 2. The molecule has 14 unspecified atom stereocenters. The van der Waals surface area contributed by atoms with Crippen LogP contribution in [0.3, 0.4) is 0 Å². The van der Waals surface area contributed by atoms with Gasteiger partial charge in [0.05, 0.1) is 37.0 Å². The largest absolute Gasteiger partial charge is 0.396 e. The predicted octanol–water partition coefficient (Wildman–Crippen LogP) is -5.37. The molecule has 2 fully saturated rings. The highest BCUT2D eigenvalue weighted by Crippen LogP contribution is 2.33. The van der Waals surface area contributed by atoms with Crippen LogP contribution in [0.15, 0.2) is 11.6 Å². The summed E-state index contributed by atoms with van der Waals surface area (Å²) in [4.78, 5) is 0. The number of hydrogen-bond acceptors (Lipinski definition) is 13. The minimum atomic E-state index is -1.57. The molecule has 13 nitrogen and oxygen atoms in total. The van der Waals surface area contributed by atoms with E-state index >= 15 is 0 Å². The third-order valence-electron chi connectivity index (χ3n) is 7.20. The zero-order chi connectivity index (χ0) is 25.3. The standard InChI is InChI=1S/C21H38N2O11/c1-2-11-16(29)17(30)12(22)21(33-11)34-20-8(6-25)4-10(15(28)19(20)32)23-9-3-7(5-24)13(26)18(31)14(9)27/h3,8-21,23-32H,2,4-6,22H2,1H3. The van der Waals surface area contributed by atoms with E-state index in [0.29, 0.717) is 6.42 Å². The predicted molar refractivity (Wildman–Crippen MR) is 115 cm³/mol. The van der Waals surface area contributed by atoms with Gasteiger partial charge in [-0.1, -0.05) is 13.0 Å². The fraction of sp³-hybridized carbons (Fsp3) is 0.905. The summed E-state index contributed by atoms with van der Waals surface area (Å²) in [7, 11) is 0. The Kier molecular flexibility index (Phi) is 9.42. The summed E-state index contributed by atoms with van der Waals surface area (Å²) < 4.78 is 11.5. The van der Waals surface area contributed by atoms with Crippen molar-refractivity contribution in [3.63, 3.8) is 0 Å². The molecule has 0 amide bonds. The number of nitrogens with one attached hydrogen (secondary N) is 1. The van der Waals surface area contributed by atoms with Crippen LogP contribution >= 0.6 is 0 Å². The first-order valence-corrected chi connectivity index (χ1v) is 11.6. The third kappa shape index (κ3) is 5.32. The van der Waals surface area contributed by atoms with Gasteiger partial charge in [0.1, 0.15) is 36.6 Å². The second-order valence-corrected chi connectivity index (χ2v) is 9.39. The van der Waals surface area contributed by atoms with E-state index in [1.165, 1.54) is 6.08 Å². The van der Waals surface area contributed by atoms with Gasteiger partial charge in [-0.25, -0.2) is 0 Å². The molecule has 0 radical (unpaired) electrons. The molecule has 3 rings (SSSR count). The van der Waals surface area contributed by atoms with E-state index in [-0.39, 0.29) is 12.0 Å². The number of nitrogens with two attached hydrogens (primary N) is 1. The van der Waals surface area contributed by atoms with Crippen LogP contribution in [0, 0.1) is 5.92 Å². The fourth-order valence-electron chi connectivity index (χ4n) is 5.00. The lowest BCUT2D eigenvalue weighted by Crippen LogP contribution is -2.66. The Balaban J connectivity index is 1.73. The first-order chi connectivity index (χ1) is 16.0. The normalized spacial score (nSPS) is 50.1. The van der Waals surface area contributed by atoms with Crippen LogP contribution in [0.25, 0.3) is 0 Å². The van der Waals surface area contributed by atoms with Crippen molar-refractivity contribution in [1.82, 2.24) is 5.32 Å². The fourth-order valence-corrected chi connectivity index (χ4v) is 5.00. The maximum absolute atomic E-state index is 10.8. The second-order valence-electron chi connectivity index (χ2n) is 9.39. The Labute approximate surface area is 197 Å². The Hall–Kier alpha value is -0.780. The molecule has 0 bridgehead atoms. The van der Waals surface area contributed by atoms with Gasteiger partial charge < -0.3 is 66.5 Å². The molecular weight excluding hydrogens is 456 g/mol. The van der Waals surface area contributed by atoms with Gasteiger partial charge in [0.2, 0.25) is 0 Å². The van der Waals surface area contributed by atoms with Crippen LogP contribution in [-0.4, -0.2) is 139 Å². The van der Waals surface area contributed by atoms with E-state index in [2.05, 4.69) is 5.32 Å². The molecule has 3 aliphatic rings. The van der Waals surface area contributed by atoms with Gasteiger partial charge in [-0.2, -0.15) is 0 Å². The van der Waals surface area contributed by atoms with Crippen molar-refractivity contribution in [3.05, 3.63) is 11.6 Å². The lowest BCUT2D eigenvalue weighted by Gasteiger charge is -2.47. The van der Waals surface area contributed by atoms with E-state index in [1.54, 1.807) is 6.92 Å². The van der Waals surface area contributed by atoms with Gasteiger partial charge >= 0.3 is 0 Å². The SMILES string of the molecule is CCC1OC(OC2C(CO)CC(NC3C=C(CO)C(O)C(O)C3O)C(O)C2O)C(N)C(O)C1O. The van der Waals surface area contributed by atoms with Crippen molar-refractivity contribution in [3.8, 4) is 0 Å². The number of aliphatic hydroxyl groups is 9. The summed E-state index contributed by atoms with van der Waals surface area (Å²) in [5.74, 6) is -0.715. The average Bonchev–Trinajstić information content (AvgIpc) is 2.83. The summed E-state index contributed by atoms with van der Waals surface area (Å²) in [6, 6.07) is -2.95. The smallest absolute Gasteiger partial charge is 0.176 e. The Morgan fingerprint density at radius 3 is 2.24 bits per heavy atom. The molecule has 1 aliphatic heterocycles. The Morgan fingerprint density at radius 1 is 0.971 bits per heavy atom. The van der Waals surface area contributed by atoms with E-state index in [0.717, 1.165) is 0 Å². The second kappa shape index (κ2) is 11.5. The maximum atomic E-state index is 10.8. The van der Waals surface area contributed by atoms with Crippen LogP contribution in [0.5, 0.6) is 0 Å². The van der Waals surface area contributed by atoms with Crippen molar-refractivity contribution in [2.75, 3.05) is 13.2 Å². The molecule has 34 heavy (non-hydrogen) atoms. The van der Waals surface area contributed by atoms with E-state index < -0.39 is 98.5 Å². The first-order valence-electron chi connectivity index (χ1n) is 11.6. The summed E-state index contributed by atoms with van der Waals surface area (Å²) in [5.41, 5.74) is 6.05. The molecule has 1 heterocycles. The topological polar surface area (TPSA) is 239 Å². The van der Waals surface area contributed by atoms with Crippen molar-refractivity contribution in [2.24, 2.45) is 11.7 Å². The van der Waals surface area contributed by atoms with Crippen molar-refractivity contribution >= 4 is 0 Å². The van der Waals surface area contributed by atoms with Gasteiger partial charge in [0.15, 0.2) is 6.29 Å². The molecule has 0 aromatic carbocycles. The number of aliphatic hydroxyl groups excluding tert-OH is 9. The highest BCUT2D eigenvalue weighted by atomic mass is 16.7. The molecule has 198 valence electrons. The molecule has 12 N–H and O–H groups in total. The van der Waals surface area contributed by atoms with Crippen LogP contribution in [0.1, 0.15) is 19.8 Å². The van der Waals surface area contributed by atoms with Gasteiger partial charge in [-0.05, 0) is 18.4 Å². The monoisotopic (exact) mass is 494 g/mol. The third-order valence-corrected chi connectivity index (χ3v) is 7.20. The molecule has 14 atom stereocenters.